The SMILES string of the molecule is NC(=O)C1CCCN(Cc2ccc(Br)s2)C1. The Balaban J connectivity index is 1.92. The Morgan fingerprint density at radius 1 is 1.62 bits per heavy atom. The number of nitrogens with zero attached hydrogens (tertiary/aromatic N) is 1. The topological polar surface area (TPSA) is 46.3 Å². The van der Waals surface area contributed by atoms with E-state index in [2.05, 4.69) is 33.0 Å². The minimum Gasteiger partial charge on any atom is -0.369 e. The summed E-state index contributed by atoms with van der Waals surface area (Å²) in [7, 11) is 0. The third-order valence-corrected chi connectivity index (χ3v) is 4.52. The molecular weight excluding hydrogens is 288 g/mol. The van der Waals surface area contributed by atoms with Crippen LogP contribution in [0.25, 0.3) is 0 Å². The molecule has 1 aromatic heterocycles. The number of nitrogens with two attached hydrogens (primary N) is 1. The van der Waals surface area contributed by atoms with Gasteiger partial charge in [0.25, 0.3) is 0 Å². The van der Waals surface area contributed by atoms with Crippen LogP contribution in [0.15, 0.2) is 15.9 Å². The molecule has 0 aromatic carbocycles. The summed E-state index contributed by atoms with van der Waals surface area (Å²) in [6.07, 6.45) is 2.01. The lowest BCUT2D eigenvalue weighted by Crippen LogP contribution is -2.40. The summed E-state index contributed by atoms with van der Waals surface area (Å²) in [6, 6.07) is 4.19. The van der Waals surface area contributed by atoms with Gasteiger partial charge in [0, 0.05) is 18.0 Å². The molecule has 1 aliphatic rings. The molecule has 1 fully saturated rings. The van der Waals surface area contributed by atoms with Crippen molar-refractivity contribution in [1.82, 2.24) is 4.90 Å². The van der Waals surface area contributed by atoms with Crippen LogP contribution in [0.4, 0.5) is 0 Å². The number of amides is 1. The average molecular weight is 303 g/mol. The van der Waals surface area contributed by atoms with Crippen LogP contribution in [0.3, 0.4) is 0 Å². The lowest BCUT2D eigenvalue weighted by Gasteiger charge is -2.30. The molecule has 88 valence electrons. The molecule has 0 aliphatic carbocycles. The van der Waals surface area contributed by atoms with Crippen LogP contribution in [0, 0.1) is 5.92 Å². The number of halogens is 1. The molecule has 2 heterocycles. The van der Waals surface area contributed by atoms with E-state index in [-0.39, 0.29) is 11.8 Å². The number of hydrogen-bond donors (Lipinski definition) is 1. The van der Waals surface area contributed by atoms with E-state index >= 15 is 0 Å². The Hall–Kier alpha value is -0.390. The molecule has 16 heavy (non-hydrogen) atoms. The Bertz CT molecular complexity index is 380. The van der Waals surface area contributed by atoms with Gasteiger partial charge in [-0.05, 0) is 47.4 Å². The number of likely N-dealkylation sites (tertiary alicyclic amines) is 1. The monoisotopic (exact) mass is 302 g/mol. The maximum absolute atomic E-state index is 11.1. The van der Waals surface area contributed by atoms with Crippen molar-refractivity contribution >= 4 is 33.2 Å². The van der Waals surface area contributed by atoms with Gasteiger partial charge in [0.2, 0.25) is 5.91 Å². The molecule has 5 heteroatoms. The number of carbonyl (C=O) groups excluding carboxylic acids is 1. The van der Waals surface area contributed by atoms with E-state index < -0.39 is 0 Å². The third-order valence-electron chi connectivity index (χ3n) is 2.92. The molecule has 1 saturated heterocycles. The smallest absolute Gasteiger partial charge is 0.221 e. The van der Waals surface area contributed by atoms with Crippen molar-refractivity contribution in [3.05, 3.63) is 20.8 Å². The van der Waals surface area contributed by atoms with Crippen molar-refractivity contribution in [3.8, 4) is 0 Å². The first-order valence-electron chi connectivity index (χ1n) is 5.41. The standard InChI is InChI=1S/C11H15BrN2OS/c12-10-4-3-9(16-10)7-14-5-1-2-8(6-14)11(13)15/h3-4,8H,1-2,5-7H2,(H2,13,15). The second-order valence-corrected chi connectivity index (χ2v) is 6.73. The Morgan fingerprint density at radius 2 is 2.44 bits per heavy atom. The van der Waals surface area contributed by atoms with Crippen molar-refractivity contribution in [2.45, 2.75) is 19.4 Å². The molecule has 0 spiro atoms. The van der Waals surface area contributed by atoms with Crippen LogP contribution in [0.5, 0.6) is 0 Å². The zero-order valence-electron chi connectivity index (χ0n) is 8.99. The van der Waals surface area contributed by atoms with Crippen LogP contribution in [-0.2, 0) is 11.3 Å². The van der Waals surface area contributed by atoms with Crippen LogP contribution in [0.1, 0.15) is 17.7 Å². The third kappa shape index (κ3) is 3.06. The summed E-state index contributed by atoms with van der Waals surface area (Å²) in [6.45, 7) is 2.81. The van der Waals surface area contributed by atoms with Gasteiger partial charge in [-0.25, -0.2) is 0 Å². The second kappa shape index (κ2) is 5.29. The molecule has 0 radical (unpaired) electrons. The van der Waals surface area contributed by atoms with Gasteiger partial charge < -0.3 is 5.73 Å². The Morgan fingerprint density at radius 3 is 3.06 bits per heavy atom. The molecule has 1 atom stereocenters. The molecule has 1 amide bonds. The molecular formula is C11H15BrN2OS. The van der Waals surface area contributed by atoms with E-state index in [4.69, 9.17) is 5.73 Å². The van der Waals surface area contributed by atoms with E-state index in [9.17, 15) is 4.79 Å². The van der Waals surface area contributed by atoms with Crippen molar-refractivity contribution in [3.63, 3.8) is 0 Å². The zero-order valence-corrected chi connectivity index (χ0v) is 11.4. The summed E-state index contributed by atoms with van der Waals surface area (Å²) < 4.78 is 1.16. The minimum absolute atomic E-state index is 0.0390. The fourth-order valence-electron chi connectivity index (χ4n) is 2.09. The first-order valence-corrected chi connectivity index (χ1v) is 7.02. The summed E-state index contributed by atoms with van der Waals surface area (Å²) in [4.78, 5) is 14.8. The van der Waals surface area contributed by atoms with E-state index in [0.717, 1.165) is 36.3 Å². The van der Waals surface area contributed by atoms with E-state index in [1.165, 1.54) is 4.88 Å². The molecule has 0 saturated carbocycles. The number of rotatable bonds is 3. The van der Waals surface area contributed by atoms with Crippen molar-refractivity contribution in [1.29, 1.82) is 0 Å². The number of thiophene rings is 1. The van der Waals surface area contributed by atoms with Gasteiger partial charge >= 0.3 is 0 Å². The van der Waals surface area contributed by atoms with Crippen LogP contribution in [0.2, 0.25) is 0 Å². The van der Waals surface area contributed by atoms with Gasteiger partial charge in [0.1, 0.15) is 0 Å². The molecule has 0 bridgehead atoms. The molecule has 2 rings (SSSR count). The van der Waals surface area contributed by atoms with Crippen molar-refractivity contribution < 1.29 is 4.79 Å². The number of primary amides is 1. The molecule has 1 aliphatic heterocycles. The fraction of sp³-hybridized carbons (Fsp3) is 0.545. The molecule has 3 nitrogen and oxygen atoms in total. The van der Waals surface area contributed by atoms with Crippen LogP contribution >= 0.6 is 27.3 Å². The van der Waals surface area contributed by atoms with Crippen LogP contribution < -0.4 is 5.73 Å². The Labute approximate surface area is 108 Å². The lowest BCUT2D eigenvalue weighted by atomic mass is 9.97. The first-order chi connectivity index (χ1) is 7.65. The predicted octanol–water partition coefficient (Wildman–Crippen LogP) is 2.21. The highest BCUT2D eigenvalue weighted by atomic mass is 79.9. The second-order valence-electron chi connectivity index (χ2n) is 4.18. The normalized spacial score (nSPS) is 22.2. The van der Waals surface area contributed by atoms with Gasteiger partial charge in [-0.3, -0.25) is 9.69 Å². The van der Waals surface area contributed by atoms with E-state index in [1.54, 1.807) is 11.3 Å². The van der Waals surface area contributed by atoms with Gasteiger partial charge in [0.15, 0.2) is 0 Å². The molecule has 1 unspecified atom stereocenters. The zero-order chi connectivity index (χ0) is 11.5. The maximum Gasteiger partial charge on any atom is 0.221 e. The fourth-order valence-corrected chi connectivity index (χ4v) is 3.61. The van der Waals surface area contributed by atoms with Gasteiger partial charge in [0.05, 0.1) is 9.70 Å². The lowest BCUT2D eigenvalue weighted by molar-refractivity contribution is -0.123. The first kappa shape index (κ1) is 12.1. The number of piperidine rings is 1. The summed E-state index contributed by atoms with van der Waals surface area (Å²) in [5.41, 5.74) is 5.36. The maximum atomic E-state index is 11.1. The van der Waals surface area contributed by atoms with Crippen molar-refractivity contribution in [2.75, 3.05) is 13.1 Å². The number of hydrogen-bond acceptors (Lipinski definition) is 3. The van der Waals surface area contributed by atoms with Gasteiger partial charge in [-0.2, -0.15) is 0 Å². The predicted molar refractivity (Wildman–Crippen MR) is 69.2 cm³/mol. The minimum atomic E-state index is -0.155. The Kier molecular flexibility index (Phi) is 4.00. The average Bonchev–Trinajstić information content (AvgIpc) is 2.64. The van der Waals surface area contributed by atoms with E-state index in [1.807, 2.05) is 0 Å². The summed E-state index contributed by atoms with van der Waals surface area (Å²) >= 11 is 5.21. The summed E-state index contributed by atoms with van der Waals surface area (Å²) in [5.74, 6) is -0.116. The molecule has 2 N–H and O–H groups in total. The van der Waals surface area contributed by atoms with E-state index in [0.29, 0.717) is 0 Å². The van der Waals surface area contributed by atoms with Gasteiger partial charge in [-0.15, -0.1) is 11.3 Å². The van der Waals surface area contributed by atoms with Crippen molar-refractivity contribution in [2.24, 2.45) is 11.7 Å². The number of carbonyl (C=O) groups is 1. The molecule has 1 aromatic rings. The highest BCUT2D eigenvalue weighted by Gasteiger charge is 2.23. The summed E-state index contributed by atoms with van der Waals surface area (Å²) in [5, 5.41) is 0. The quantitative estimate of drug-likeness (QED) is 0.930. The largest absolute Gasteiger partial charge is 0.369 e. The highest BCUT2D eigenvalue weighted by molar-refractivity contribution is 9.11. The highest BCUT2D eigenvalue weighted by Crippen LogP contribution is 2.25. The van der Waals surface area contributed by atoms with Gasteiger partial charge in [-0.1, -0.05) is 0 Å². The van der Waals surface area contributed by atoms with Crippen LogP contribution in [-0.4, -0.2) is 23.9 Å².